The number of aromatic nitrogens is 4. The Labute approximate surface area is 137 Å². The van der Waals surface area contributed by atoms with E-state index >= 15 is 0 Å². The molecule has 0 aliphatic carbocycles. The molecule has 0 bridgehead atoms. The second-order valence-electron chi connectivity index (χ2n) is 5.35. The standard InChI is InChI=1S/C15H16N8O/c1-6-3-4-8(5-7(6)2)19-13-10-14(23-15(18)22-13)21-11(16)9(20-10)12(17)24/h3-5H,1-2H3,(H2,17,24)(H5,16,18,19,21,22,23). The van der Waals surface area contributed by atoms with E-state index in [0.717, 1.165) is 16.8 Å². The molecule has 1 amide bonds. The van der Waals surface area contributed by atoms with Crippen molar-refractivity contribution in [3.8, 4) is 0 Å². The highest BCUT2D eigenvalue weighted by Gasteiger charge is 2.16. The second kappa shape index (κ2) is 5.61. The third-order valence-corrected chi connectivity index (χ3v) is 3.58. The summed E-state index contributed by atoms with van der Waals surface area (Å²) in [4.78, 5) is 27.8. The van der Waals surface area contributed by atoms with Crippen molar-refractivity contribution >= 4 is 40.3 Å². The van der Waals surface area contributed by atoms with Gasteiger partial charge in [-0.25, -0.2) is 9.97 Å². The number of primary amides is 1. The third kappa shape index (κ3) is 2.74. The van der Waals surface area contributed by atoms with Crippen LogP contribution in [0.5, 0.6) is 0 Å². The third-order valence-electron chi connectivity index (χ3n) is 3.58. The Hall–Kier alpha value is -3.49. The molecule has 0 radical (unpaired) electrons. The molecule has 2 heterocycles. The van der Waals surface area contributed by atoms with E-state index in [4.69, 9.17) is 17.2 Å². The summed E-state index contributed by atoms with van der Waals surface area (Å²) >= 11 is 0. The number of hydrogen-bond acceptors (Lipinski definition) is 8. The van der Waals surface area contributed by atoms with Crippen LogP contribution in [0.4, 0.5) is 23.3 Å². The summed E-state index contributed by atoms with van der Waals surface area (Å²) in [6, 6.07) is 5.83. The van der Waals surface area contributed by atoms with Gasteiger partial charge in [-0.3, -0.25) is 4.79 Å². The highest BCUT2D eigenvalue weighted by molar-refractivity contribution is 5.98. The summed E-state index contributed by atoms with van der Waals surface area (Å²) in [6.45, 7) is 4.02. The van der Waals surface area contributed by atoms with Gasteiger partial charge in [-0.05, 0) is 37.1 Å². The molecule has 0 atom stereocenters. The van der Waals surface area contributed by atoms with Crippen LogP contribution >= 0.6 is 0 Å². The van der Waals surface area contributed by atoms with Crippen LogP contribution in [-0.2, 0) is 0 Å². The lowest BCUT2D eigenvalue weighted by molar-refractivity contribution is 0.0996. The average molecular weight is 324 g/mol. The summed E-state index contributed by atoms with van der Waals surface area (Å²) in [5.41, 5.74) is 20.0. The molecule has 0 aliphatic rings. The number of nitrogens with two attached hydrogens (primary N) is 3. The van der Waals surface area contributed by atoms with E-state index in [9.17, 15) is 4.79 Å². The van der Waals surface area contributed by atoms with Crippen LogP contribution < -0.4 is 22.5 Å². The number of fused-ring (bicyclic) bond motifs is 1. The Morgan fingerprint density at radius 3 is 2.46 bits per heavy atom. The zero-order chi connectivity index (χ0) is 17.4. The maximum atomic E-state index is 11.4. The number of nitrogens with one attached hydrogen (secondary N) is 1. The largest absolute Gasteiger partial charge is 0.382 e. The van der Waals surface area contributed by atoms with Crippen molar-refractivity contribution in [3.63, 3.8) is 0 Å². The van der Waals surface area contributed by atoms with Gasteiger partial charge < -0.3 is 22.5 Å². The predicted octanol–water partition coefficient (Wildman–Crippen LogP) is 1.04. The van der Waals surface area contributed by atoms with Gasteiger partial charge in [0.05, 0.1) is 0 Å². The molecule has 1 aromatic carbocycles. The number of nitrogens with zero attached hydrogens (tertiary/aromatic N) is 4. The maximum absolute atomic E-state index is 11.4. The molecular weight excluding hydrogens is 308 g/mol. The van der Waals surface area contributed by atoms with Crippen molar-refractivity contribution in [2.75, 3.05) is 16.8 Å². The number of hydrogen-bond donors (Lipinski definition) is 4. The topological polar surface area (TPSA) is 159 Å². The Morgan fingerprint density at radius 2 is 1.79 bits per heavy atom. The number of nitrogen functional groups attached to an aromatic ring is 2. The second-order valence-corrected chi connectivity index (χ2v) is 5.35. The summed E-state index contributed by atoms with van der Waals surface area (Å²) < 4.78 is 0. The first-order chi connectivity index (χ1) is 11.3. The molecule has 24 heavy (non-hydrogen) atoms. The number of carbonyl (C=O) groups is 1. The van der Waals surface area contributed by atoms with Crippen molar-refractivity contribution in [2.45, 2.75) is 13.8 Å². The first kappa shape index (κ1) is 15.4. The van der Waals surface area contributed by atoms with Gasteiger partial charge >= 0.3 is 0 Å². The van der Waals surface area contributed by atoms with Crippen molar-refractivity contribution in [1.29, 1.82) is 0 Å². The smallest absolute Gasteiger partial charge is 0.271 e. The molecule has 0 fully saturated rings. The SMILES string of the molecule is Cc1ccc(Nc2nc(N)nc3nc(N)c(C(N)=O)nc23)cc1C. The van der Waals surface area contributed by atoms with Crippen LogP contribution in [0.15, 0.2) is 18.2 Å². The van der Waals surface area contributed by atoms with Crippen molar-refractivity contribution < 1.29 is 4.79 Å². The summed E-state index contributed by atoms with van der Waals surface area (Å²) in [7, 11) is 0. The predicted molar refractivity (Wildman–Crippen MR) is 91.7 cm³/mol. The van der Waals surface area contributed by atoms with E-state index in [0.29, 0.717) is 5.82 Å². The van der Waals surface area contributed by atoms with Gasteiger partial charge in [-0.2, -0.15) is 9.97 Å². The van der Waals surface area contributed by atoms with Crippen molar-refractivity contribution in [2.24, 2.45) is 5.73 Å². The Morgan fingerprint density at radius 1 is 1.04 bits per heavy atom. The number of anilines is 4. The molecule has 0 aliphatic heterocycles. The quantitative estimate of drug-likeness (QED) is 0.556. The monoisotopic (exact) mass is 324 g/mol. The molecular formula is C15H16N8O. The fraction of sp³-hybridized carbons (Fsp3) is 0.133. The summed E-state index contributed by atoms with van der Waals surface area (Å²) in [6.07, 6.45) is 0. The highest BCUT2D eigenvalue weighted by Crippen LogP contribution is 2.25. The molecule has 0 spiro atoms. The summed E-state index contributed by atoms with van der Waals surface area (Å²) in [5, 5.41) is 3.11. The number of carbonyl (C=O) groups excluding carboxylic acids is 1. The zero-order valence-corrected chi connectivity index (χ0v) is 13.2. The molecule has 2 aromatic heterocycles. The minimum absolute atomic E-state index is 0.00867. The van der Waals surface area contributed by atoms with E-state index in [-0.39, 0.29) is 28.6 Å². The lowest BCUT2D eigenvalue weighted by Gasteiger charge is -2.11. The van der Waals surface area contributed by atoms with Crippen LogP contribution in [0.1, 0.15) is 21.6 Å². The van der Waals surface area contributed by atoms with E-state index < -0.39 is 5.91 Å². The number of aryl methyl sites for hydroxylation is 2. The number of amides is 1. The lowest BCUT2D eigenvalue weighted by Crippen LogP contribution is -2.17. The van der Waals surface area contributed by atoms with Crippen LogP contribution in [-0.4, -0.2) is 25.8 Å². The van der Waals surface area contributed by atoms with Crippen LogP contribution in [0.25, 0.3) is 11.2 Å². The van der Waals surface area contributed by atoms with Crippen LogP contribution in [0, 0.1) is 13.8 Å². The molecule has 0 saturated carbocycles. The molecule has 122 valence electrons. The lowest BCUT2D eigenvalue weighted by atomic mass is 10.1. The average Bonchev–Trinajstić information content (AvgIpc) is 2.49. The molecule has 7 N–H and O–H groups in total. The Bertz CT molecular complexity index is 969. The normalized spacial score (nSPS) is 10.8. The molecule has 0 saturated heterocycles. The van der Waals surface area contributed by atoms with E-state index in [1.54, 1.807) is 0 Å². The Kier molecular flexibility index (Phi) is 3.60. The van der Waals surface area contributed by atoms with Gasteiger partial charge in [0, 0.05) is 5.69 Å². The molecule has 9 nitrogen and oxygen atoms in total. The van der Waals surface area contributed by atoms with E-state index in [1.807, 2.05) is 32.0 Å². The number of rotatable bonds is 3. The van der Waals surface area contributed by atoms with Crippen molar-refractivity contribution in [3.05, 3.63) is 35.0 Å². The van der Waals surface area contributed by atoms with E-state index in [2.05, 4.69) is 25.3 Å². The van der Waals surface area contributed by atoms with Gasteiger partial charge in [-0.15, -0.1) is 0 Å². The zero-order valence-electron chi connectivity index (χ0n) is 13.2. The van der Waals surface area contributed by atoms with Crippen LogP contribution in [0.3, 0.4) is 0 Å². The van der Waals surface area contributed by atoms with Crippen LogP contribution in [0.2, 0.25) is 0 Å². The van der Waals surface area contributed by atoms with Gasteiger partial charge in [0.25, 0.3) is 5.91 Å². The number of benzene rings is 1. The van der Waals surface area contributed by atoms with E-state index in [1.165, 1.54) is 0 Å². The van der Waals surface area contributed by atoms with Gasteiger partial charge in [0.15, 0.2) is 28.5 Å². The molecule has 0 unspecified atom stereocenters. The van der Waals surface area contributed by atoms with Gasteiger partial charge in [0.1, 0.15) is 0 Å². The minimum atomic E-state index is -0.782. The molecule has 9 heteroatoms. The highest BCUT2D eigenvalue weighted by atomic mass is 16.1. The molecule has 3 aromatic rings. The fourth-order valence-electron chi connectivity index (χ4n) is 2.20. The minimum Gasteiger partial charge on any atom is -0.382 e. The molecule has 3 rings (SSSR count). The van der Waals surface area contributed by atoms with Gasteiger partial charge in [-0.1, -0.05) is 6.07 Å². The van der Waals surface area contributed by atoms with Gasteiger partial charge in [0.2, 0.25) is 5.95 Å². The van der Waals surface area contributed by atoms with Crippen molar-refractivity contribution in [1.82, 2.24) is 19.9 Å². The first-order valence-corrected chi connectivity index (χ1v) is 7.10. The Balaban J connectivity index is 2.16. The fourth-order valence-corrected chi connectivity index (χ4v) is 2.20. The maximum Gasteiger partial charge on any atom is 0.271 e. The first-order valence-electron chi connectivity index (χ1n) is 7.10. The summed E-state index contributed by atoms with van der Waals surface area (Å²) in [5.74, 6) is -0.564.